The minimum atomic E-state index is -0.692. The highest BCUT2D eigenvalue weighted by Gasteiger charge is 2.09. The van der Waals surface area contributed by atoms with Crippen molar-refractivity contribution >= 4 is 23.3 Å². The molecule has 0 aromatic heterocycles. The van der Waals surface area contributed by atoms with E-state index in [1.807, 2.05) is 31.1 Å². The zero-order chi connectivity index (χ0) is 18.2. The highest BCUT2D eigenvalue weighted by atomic mass is 19.1. The fourth-order valence-corrected chi connectivity index (χ4v) is 1.90. The number of nitrogens with zero attached hydrogens (tertiary/aromatic N) is 1. The van der Waals surface area contributed by atoms with E-state index in [1.165, 1.54) is 24.3 Å². The van der Waals surface area contributed by atoms with Crippen LogP contribution in [0.2, 0.25) is 0 Å². The van der Waals surface area contributed by atoms with Gasteiger partial charge in [0.05, 0.1) is 0 Å². The minimum Gasteiger partial charge on any atom is -0.482 e. The summed E-state index contributed by atoms with van der Waals surface area (Å²) in [5.41, 5.74) is 1.61. The van der Waals surface area contributed by atoms with E-state index in [0.717, 1.165) is 5.69 Å². The molecular formula is C18H19FN2O4. The van der Waals surface area contributed by atoms with Gasteiger partial charge in [-0.3, -0.25) is 4.79 Å². The Balaban J connectivity index is 1.71. The number of nitrogens with one attached hydrogen (secondary N) is 1. The number of hydrogen-bond donors (Lipinski definition) is 1. The van der Waals surface area contributed by atoms with Crippen molar-refractivity contribution in [1.82, 2.24) is 0 Å². The van der Waals surface area contributed by atoms with Crippen molar-refractivity contribution in [3.05, 3.63) is 54.3 Å². The number of amides is 1. The molecular weight excluding hydrogens is 327 g/mol. The summed E-state index contributed by atoms with van der Waals surface area (Å²) in [7, 11) is 3.84. The van der Waals surface area contributed by atoms with Crippen LogP contribution in [0.15, 0.2) is 48.5 Å². The van der Waals surface area contributed by atoms with Crippen LogP contribution in [0.25, 0.3) is 0 Å². The third kappa shape index (κ3) is 6.14. The molecule has 7 heteroatoms. The van der Waals surface area contributed by atoms with Crippen molar-refractivity contribution < 1.29 is 23.5 Å². The second-order valence-electron chi connectivity index (χ2n) is 5.39. The van der Waals surface area contributed by atoms with Crippen molar-refractivity contribution in [2.45, 2.75) is 0 Å². The SMILES string of the molecule is CN(C)c1ccc(NC(=O)COC(=O)COc2ccc(F)cc2)cc1. The van der Waals surface area contributed by atoms with Crippen molar-refractivity contribution in [3.8, 4) is 5.75 Å². The van der Waals surface area contributed by atoms with E-state index in [4.69, 9.17) is 9.47 Å². The largest absolute Gasteiger partial charge is 0.482 e. The first kappa shape index (κ1) is 18.3. The fraction of sp³-hybridized carbons (Fsp3) is 0.222. The lowest BCUT2D eigenvalue weighted by Gasteiger charge is -2.13. The van der Waals surface area contributed by atoms with Crippen molar-refractivity contribution in [2.75, 3.05) is 37.5 Å². The van der Waals surface area contributed by atoms with Gasteiger partial charge in [-0.15, -0.1) is 0 Å². The Morgan fingerprint density at radius 3 is 2.24 bits per heavy atom. The van der Waals surface area contributed by atoms with Crippen LogP contribution in [0.1, 0.15) is 0 Å². The lowest BCUT2D eigenvalue weighted by Crippen LogP contribution is -2.23. The molecule has 0 saturated heterocycles. The molecule has 0 spiro atoms. The Bertz CT molecular complexity index is 715. The number of ether oxygens (including phenoxy) is 2. The van der Waals surface area contributed by atoms with Gasteiger partial charge in [0.1, 0.15) is 11.6 Å². The van der Waals surface area contributed by atoms with E-state index in [-0.39, 0.29) is 6.61 Å². The monoisotopic (exact) mass is 346 g/mol. The predicted octanol–water partition coefficient (Wildman–Crippen LogP) is 2.45. The molecule has 0 fully saturated rings. The Labute approximate surface area is 145 Å². The van der Waals surface area contributed by atoms with Crippen molar-refractivity contribution in [3.63, 3.8) is 0 Å². The van der Waals surface area contributed by atoms with Crippen LogP contribution in [0.5, 0.6) is 5.75 Å². The smallest absolute Gasteiger partial charge is 0.344 e. The van der Waals surface area contributed by atoms with E-state index in [1.54, 1.807) is 12.1 Å². The Kier molecular flexibility index (Phi) is 6.33. The lowest BCUT2D eigenvalue weighted by molar-refractivity contribution is -0.149. The van der Waals surface area contributed by atoms with Gasteiger partial charge in [-0.25, -0.2) is 9.18 Å². The number of rotatable bonds is 7. The summed E-state index contributed by atoms with van der Waals surface area (Å²) < 4.78 is 22.7. The van der Waals surface area contributed by atoms with Gasteiger partial charge in [0.25, 0.3) is 5.91 Å². The zero-order valence-corrected chi connectivity index (χ0v) is 14.0. The number of benzene rings is 2. The van der Waals surface area contributed by atoms with E-state index in [9.17, 15) is 14.0 Å². The summed E-state index contributed by atoms with van der Waals surface area (Å²) in [6.45, 7) is -0.780. The molecule has 0 unspecified atom stereocenters. The molecule has 6 nitrogen and oxygen atoms in total. The molecule has 1 N–H and O–H groups in total. The van der Waals surface area contributed by atoms with Gasteiger partial charge in [0.2, 0.25) is 0 Å². The topological polar surface area (TPSA) is 67.9 Å². The van der Waals surface area contributed by atoms with Crippen LogP contribution in [0.4, 0.5) is 15.8 Å². The number of esters is 1. The predicted molar refractivity (Wildman–Crippen MR) is 92.3 cm³/mol. The number of carbonyl (C=O) groups is 2. The summed E-state index contributed by atoms with van der Waals surface area (Å²) in [4.78, 5) is 25.3. The maximum absolute atomic E-state index is 12.7. The molecule has 25 heavy (non-hydrogen) atoms. The first-order valence-electron chi connectivity index (χ1n) is 7.55. The fourth-order valence-electron chi connectivity index (χ4n) is 1.90. The van der Waals surface area contributed by atoms with E-state index >= 15 is 0 Å². The number of anilines is 2. The van der Waals surface area contributed by atoms with Crippen LogP contribution in [0.3, 0.4) is 0 Å². The number of carbonyl (C=O) groups excluding carboxylic acids is 2. The van der Waals surface area contributed by atoms with E-state index in [0.29, 0.717) is 11.4 Å². The standard InChI is InChI=1S/C18H19FN2O4/c1-21(2)15-7-5-14(6-8-15)20-17(22)11-25-18(23)12-24-16-9-3-13(19)4-10-16/h3-10H,11-12H2,1-2H3,(H,20,22). The van der Waals surface area contributed by atoms with Crippen LogP contribution >= 0.6 is 0 Å². The molecule has 0 aliphatic rings. The van der Waals surface area contributed by atoms with Crippen molar-refractivity contribution in [1.29, 1.82) is 0 Å². The van der Waals surface area contributed by atoms with Crippen LogP contribution in [-0.4, -0.2) is 39.2 Å². The van der Waals surface area contributed by atoms with Crippen LogP contribution in [-0.2, 0) is 14.3 Å². The van der Waals surface area contributed by atoms with Gasteiger partial charge >= 0.3 is 5.97 Å². The van der Waals surface area contributed by atoms with Gasteiger partial charge in [-0.2, -0.15) is 0 Å². The first-order chi connectivity index (χ1) is 11.9. The van der Waals surface area contributed by atoms with Gasteiger partial charge in [-0.1, -0.05) is 0 Å². The van der Waals surface area contributed by atoms with Gasteiger partial charge in [0, 0.05) is 25.5 Å². The summed E-state index contributed by atoms with van der Waals surface area (Å²) in [6, 6.07) is 12.5. The zero-order valence-electron chi connectivity index (χ0n) is 14.0. The Morgan fingerprint density at radius 1 is 1.00 bits per heavy atom. The number of hydrogen-bond acceptors (Lipinski definition) is 5. The summed E-state index contributed by atoms with van der Waals surface area (Å²) in [6.07, 6.45) is 0. The van der Waals surface area contributed by atoms with Crippen molar-refractivity contribution in [2.24, 2.45) is 0 Å². The molecule has 0 atom stereocenters. The quantitative estimate of drug-likeness (QED) is 0.780. The summed E-state index contributed by atoms with van der Waals surface area (Å²) in [5.74, 6) is -1.20. The second kappa shape index (κ2) is 8.68. The lowest BCUT2D eigenvalue weighted by atomic mass is 10.2. The van der Waals surface area contributed by atoms with E-state index < -0.39 is 24.3 Å². The molecule has 0 radical (unpaired) electrons. The highest BCUT2D eigenvalue weighted by Crippen LogP contribution is 2.15. The Morgan fingerprint density at radius 2 is 1.64 bits per heavy atom. The third-order valence-electron chi connectivity index (χ3n) is 3.20. The summed E-state index contributed by atoms with van der Waals surface area (Å²) in [5, 5.41) is 2.63. The molecule has 0 aliphatic heterocycles. The molecule has 0 aliphatic carbocycles. The molecule has 2 aromatic carbocycles. The molecule has 0 heterocycles. The third-order valence-corrected chi connectivity index (χ3v) is 3.20. The minimum absolute atomic E-state index is 0.337. The molecule has 0 bridgehead atoms. The molecule has 2 rings (SSSR count). The van der Waals surface area contributed by atoms with Gasteiger partial charge < -0.3 is 19.7 Å². The van der Waals surface area contributed by atoms with E-state index in [2.05, 4.69) is 5.32 Å². The summed E-state index contributed by atoms with van der Waals surface area (Å²) >= 11 is 0. The normalized spacial score (nSPS) is 10.0. The Hall–Kier alpha value is -3.09. The maximum atomic E-state index is 12.7. The second-order valence-corrected chi connectivity index (χ2v) is 5.39. The van der Waals surface area contributed by atoms with Crippen LogP contribution in [0, 0.1) is 5.82 Å². The molecule has 132 valence electrons. The molecule has 0 saturated carbocycles. The average molecular weight is 346 g/mol. The van der Waals surface area contributed by atoms with Gasteiger partial charge in [-0.05, 0) is 48.5 Å². The first-order valence-corrected chi connectivity index (χ1v) is 7.55. The average Bonchev–Trinajstić information content (AvgIpc) is 2.60. The van der Waals surface area contributed by atoms with Crippen LogP contribution < -0.4 is 15.0 Å². The molecule has 2 aromatic rings. The molecule has 1 amide bonds. The highest BCUT2D eigenvalue weighted by molar-refractivity contribution is 5.93. The maximum Gasteiger partial charge on any atom is 0.344 e. The number of halogens is 1. The van der Waals surface area contributed by atoms with Gasteiger partial charge in [0.15, 0.2) is 13.2 Å².